The van der Waals surface area contributed by atoms with Crippen molar-refractivity contribution in [2.24, 2.45) is 5.73 Å². The van der Waals surface area contributed by atoms with Crippen LogP contribution in [0.1, 0.15) is 18.0 Å². The maximum Gasteiger partial charge on any atom is 0.305 e. The fraction of sp³-hybridized carbons (Fsp3) is 0.182. The third-order valence-electron chi connectivity index (χ3n) is 2.70. The van der Waals surface area contributed by atoms with E-state index in [9.17, 15) is 14.9 Å². The fourth-order valence-electron chi connectivity index (χ4n) is 1.85. The number of carboxylic acids is 1. The Balaban J connectivity index is 2.48. The molecular formula is C11H11N3O4. The van der Waals surface area contributed by atoms with Gasteiger partial charge in [0.15, 0.2) is 0 Å². The summed E-state index contributed by atoms with van der Waals surface area (Å²) >= 11 is 0. The van der Waals surface area contributed by atoms with Gasteiger partial charge in [0.05, 0.1) is 11.3 Å². The number of aliphatic carboxylic acids is 1. The van der Waals surface area contributed by atoms with Gasteiger partial charge in [-0.3, -0.25) is 14.9 Å². The Morgan fingerprint density at radius 2 is 2.28 bits per heavy atom. The maximum atomic E-state index is 10.7. The number of aromatic nitrogens is 1. The molecule has 2 rings (SSSR count). The molecule has 7 nitrogen and oxygen atoms in total. The van der Waals surface area contributed by atoms with Gasteiger partial charge in [-0.2, -0.15) is 0 Å². The second-order valence-electron chi connectivity index (χ2n) is 3.94. The second-order valence-corrected chi connectivity index (χ2v) is 3.94. The number of non-ortho nitro benzene ring substituents is 1. The van der Waals surface area contributed by atoms with E-state index in [-0.39, 0.29) is 12.1 Å². The van der Waals surface area contributed by atoms with Crippen LogP contribution in [0.4, 0.5) is 5.69 Å². The van der Waals surface area contributed by atoms with Crippen LogP contribution in [0.15, 0.2) is 24.4 Å². The van der Waals surface area contributed by atoms with Crippen LogP contribution in [0.3, 0.4) is 0 Å². The standard InChI is InChI=1S/C11H11N3O4/c12-9(4-11(15)16)8-5-13-10-2-1-6(14(17)18)3-7(8)10/h1-3,5,9,13H,4,12H2,(H,15,16). The molecular weight excluding hydrogens is 238 g/mol. The molecule has 1 atom stereocenters. The van der Waals surface area contributed by atoms with Gasteiger partial charge in [-0.05, 0) is 11.6 Å². The Morgan fingerprint density at radius 1 is 1.56 bits per heavy atom. The molecule has 1 aromatic heterocycles. The minimum Gasteiger partial charge on any atom is -0.481 e. The van der Waals surface area contributed by atoms with E-state index in [1.807, 2.05) is 0 Å². The lowest BCUT2D eigenvalue weighted by Gasteiger charge is -2.07. The highest BCUT2D eigenvalue weighted by molar-refractivity contribution is 5.86. The number of benzene rings is 1. The highest BCUT2D eigenvalue weighted by Crippen LogP contribution is 2.27. The molecule has 1 heterocycles. The van der Waals surface area contributed by atoms with Crippen LogP contribution in [0, 0.1) is 10.1 Å². The van der Waals surface area contributed by atoms with Crippen molar-refractivity contribution < 1.29 is 14.8 Å². The average molecular weight is 249 g/mol. The summed E-state index contributed by atoms with van der Waals surface area (Å²) in [6, 6.07) is 3.65. The molecule has 0 bridgehead atoms. The van der Waals surface area contributed by atoms with E-state index >= 15 is 0 Å². The fourth-order valence-corrected chi connectivity index (χ4v) is 1.85. The highest BCUT2D eigenvalue weighted by atomic mass is 16.6. The number of H-pyrrole nitrogens is 1. The number of hydrogen-bond acceptors (Lipinski definition) is 4. The molecule has 18 heavy (non-hydrogen) atoms. The van der Waals surface area contributed by atoms with Crippen molar-refractivity contribution in [1.82, 2.24) is 4.98 Å². The Hall–Kier alpha value is -2.41. The monoisotopic (exact) mass is 249 g/mol. The number of aromatic amines is 1. The minimum absolute atomic E-state index is 0.0501. The number of nitro groups is 1. The predicted molar refractivity (Wildman–Crippen MR) is 64.1 cm³/mol. The smallest absolute Gasteiger partial charge is 0.305 e. The molecule has 1 aromatic carbocycles. The van der Waals surface area contributed by atoms with Crippen molar-refractivity contribution in [2.75, 3.05) is 0 Å². The molecule has 2 aromatic rings. The van der Waals surface area contributed by atoms with Crippen LogP contribution in [-0.4, -0.2) is 21.0 Å². The number of carbonyl (C=O) groups is 1. The van der Waals surface area contributed by atoms with Gasteiger partial charge in [0, 0.05) is 35.3 Å². The summed E-state index contributed by atoms with van der Waals surface area (Å²) in [6.45, 7) is 0. The van der Waals surface area contributed by atoms with Gasteiger partial charge in [0.25, 0.3) is 5.69 Å². The van der Waals surface area contributed by atoms with Gasteiger partial charge in [0.2, 0.25) is 0 Å². The van der Waals surface area contributed by atoms with Gasteiger partial charge in [0.1, 0.15) is 0 Å². The van der Waals surface area contributed by atoms with Crippen molar-refractivity contribution >= 4 is 22.6 Å². The van der Waals surface area contributed by atoms with E-state index in [0.29, 0.717) is 16.5 Å². The molecule has 4 N–H and O–H groups in total. The number of nitrogens with zero attached hydrogens (tertiary/aromatic N) is 1. The van der Waals surface area contributed by atoms with E-state index in [0.717, 1.165) is 0 Å². The number of rotatable bonds is 4. The number of nitro benzene ring substituents is 1. The highest BCUT2D eigenvalue weighted by Gasteiger charge is 2.17. The zero-order chi connectivity index (χ0) is 13.3. The molecule has 0 spiro atoms. The number of nitrogens with one attached hydrogen (secondary N) is 1. The topological polar surface area (TPSA) is 122 Å². The van der Waals surface area contributed by atoms with E-state index in [4.69, 9.17) is 10.8 Å². The summed E-state index contributed by atoms with van der Waals surface area (Å²) in [5.41, 5.74) is 6.97. The summed E-state index contributed by atoms with van der Waals surface area (Å²) in [6.07, 6.45) is 1.36. The Morgan fingerprint density at radius 3 is 2.89 bits per heavy atom. The Kier molecular flexibility index (Phi) is 2.99. The second kappa shape index (κ2) is 4.46. The van der Waals surface area contributed by atoms with Crippen LogP contribution < -0.4 is 5.73 Å². The zero-order valence-electron chi connectivity index (χ0n) is 9.29. The first-order valence-corrected chi connectivity index (χ1v) is 5.22. The van der Waals surface area contributed by atoms with Gasteiger partial charge < -0.3 is 15.8 Å². The van der Waals surface area contributed by atoms with Crippen molar-refractivity contribution in [1.29, 1.82) is 0 Å². The lowest BCUT2D eigenvalue weighted by atomic mass is 10.0. The molecule has 0 amide bonds. The summed E-state index contributed by atoms with van der Waals surface area (Å²) in [5.74, 6) is -1.01. The Labute approximate surface area is 101 Å². The largest absolute Gasteiger partial charge is 0.481 e. The molecule has 0 radical (unpaired) electrons. The van der Waals surface area contributed by atoms with Gasteiger partial charge >= 0.3 is 5.97 Å². The van der Waals surface area contributed by atoms with Gasteiger partial charge in [-0.1, -0.05) is 0 Å². The average Bonchev–Trinajstić information content (AvgIpc) is 2.70. The molecule has 0 aliphatic heterocycles. The predicted octanol–water partition coefficient (Wildman–Crippen LogP) is 1.55. The van der Waals surface area contributed by atoms with E-state index in [1.54, 1.807) is 12.3 Å². The summed E-state index contributed by atoms with van der Waals surface area (Å²) < 4.78 is 0. The molecule has 7 heteroatoms. The van der Waals surface area contributed by atoms with E-state index in [2.05, 4.69) is 4.98 Å². The first kappa shape index (κ1) is 12.1. The number of fused-ring (bicyclic) bond motifs is 1. The first-order chi connectivity index (χ1) is 8.49. The molecule has 0 saturated carbocycles. The van der Waals surface area contributed by atoms with E-state index < -0.39 is 16.9 Å². The van der Waals surface area contributed by atoms with Crippen molar-refractivity contribution in [3.8, 4) is 0 Å². The summed E-state index contributed by atoms with van der Waals surface area (Å²) in [5, 5.41) is 20.0. The van der Waals surface area contributed by atoms with Gasteiger partial charge in [-0.15, -0.1) is 0 Å². The molecule has 94 valence electrons. The number of hydrogen-bond donors (Lipinski definition) is 3. The SMILES string of the molecule is NC(CC(=O)O)c1c[nH]c2ccc([N+](=O)[O-])cc12. The normalized spacial score (nSPS) is 12.5. The van der Waals surface area contributed by atoms with Crippen LogP contribution in [-0.2, 0) is 4.79 Å². The zero-order valence-corrected chi connectivity index (χ0v) is 9.29. The molecule has 0 aliphatic rings. The lowest BCUT2D eigenvalue weighted by Crippen LogP contribution is -2.14. The molecule has 0 fully saturated rings. The van der Waals surface area contributed by atoms with Crippen LogP contribution in [0.2, 0.25) is 0 Å². The van der Waals surface area contributed by atoms with Crippen LogP contribution in [0.25, 0.3) is 10.9 Å². The summed E-state index contributed by atoms with van der Waals surface area (Å²) in [4.78, 5) is 23.7. The summed E-state index contributed by atoms with van der Waals surface area (Å²) in [7, 11) is 0. The van der Waals surface area contributed by atoms with E-state index in [1.165, 1.54) is 12.1 Å². The quantitative estimate of drug-likeness (QED) is 0.560. The molecule has 0 saturated heterocycles. The third kappa shape index (κ3) is 2.16. The van der Waals surface area contributed by atoms with Crippen molar-refractivity contribution in [2.45, 2.75) is 12.5 Å². The lowest BCUT2D eigenvalue weighted by molar-refractivity contribution is -0.384. The number of nitrogens with two attached hydrogens (primary N) is 1. The number of carboxylic acid groups (broad SMARTS) is 1. The minimum atomic E-state index is -1.01. The molecule has 1 unspecified atom stereocenters. The van der Waals surface area contributed by atoms with Gasteiger partial charge in [-0.25, -0.2) is 0 Å². The third-order valence-corrected chi connectivity index (χ3v) is 2.70. The van der Waals surface area contributed by atoms with Crippen molar-refractivity contribution in [3.63, 3.8) is 0 Å². The first-order valence-electron chi connectivity index (χ1n) is 5.22. The van der Waals surface area contributed by atoms with Crippen LogP contribution in [0.5, 0.6) is 0 Å². The van der Waals surface area contributed by atoms with Crippen LogP contribution >= 0.6 is 0 Å². The molecule has 0 aliphatic carbocycles. The Bertz CT molecular complexity index is 620. The van der Waals surface area contributed by atoms with Crippen molar-refractivity contribution in [3.05, 3.63) is 40.1 Å². The maximum absolute atomic E-state index is 10.7.